The van der Waals surface area contributed by atoms with E-state index >= 15 is 0 Å². The Morgan fingerprint density at radius 1 is 1.15 bits per heavy atom. The van der Waals surface area contributed by atoms with Crippen molar-refractivity contribution in [3.63, 3.8) is 0 Å². The van der Waals surface area contributed by atoms with Crippen LogP contribution in [0.2, 0.25) is 0 Å². The first-order chi connectivity index (χ1) is 19.4. The van der Waals surface area contributed by atoms with E-state index in [-0.39, 0.29) is 35.3 Å². The molecule has 4 fully saturated rings. The number of hydrogen-bond donors (Lipinski definition) is 3. The number of rotatable bonds is 11. The SMILES string of the molecule is CC(C)CC(NCC(C=O)(NC(=O)c1cccc(-c2ccccc2)n1)C(C)O)B1OC2CC3CC(C3(C)C)C2(C)O1. The number of carbonyl (C=O) groups excluding carboxylic acids is 2. The standard InChI is InChI=1S/C32H44BN3O5/c1-20(2)15-28(33-40-27-17-23-16-26(30(23,4)5)31(27,6)41-33)34-18-32(19-37,21(3)38)36-29(39)25-14-10-13-24(35-25)22-11-8-7-9-12-22/h7-14,19-21,23,26-28,34,38H,15-18H2,1-6H3,(H,36,39). The smallest absolute Gasteiger partial charge is 0.404 e. The summed E-state index contributed by atoms with van der Waals surface area (Å²) in [7, 11) is -0.485. The molecule has 8 nitrogen and oxygen atoms in total. The van der Waals surface area contributed by atoms with Gasteiger partial charge in [-0.15, -0.1) is 0 Å². The number of hydrogen-bond acceptors (Lipinski definition) is 7. The highest BCUT2D eigenvalue weighted by atomic mass is 16.7. The molecular formula is C32H44BN3O5. The molecule has 0 radical (unpaired) electrons. The van der Waals surface area contributed by atoms with Crippen LogP contribution in [0, 0.1) is 23.2 Å². The van der Waals surface area contributed by atoms with Gasteiger partial charge in [0.25, 0.3) is 5.91 Å². The molecule has 1 aromatic carbocycles. The zero-order valence-electron chi connectivity index (χ0n) is 25.1. The summed E-state index contributed by atoms with van der Waals surface area (Å²) in [6, 6.07) is 14.8. The maximum atomic E-state index is 13.4. The van der Waals surface area contributed by atoms with Crippen LogP contribution in [0.25, 0.3) is 11.3 Å². The lowest BCUT2D eigenvalue weighted by Gasteiger charge is -2.64. The lowest BCUT2D eigenvalue weighted by molar-refractivity contribution is -0.199. The highest BCUT2D eigenvalue weighted by Gasteiger charge is 2.68. The molecule has 4 aliphatic rings. The molecule has 1 saturated heterocycles. The van der Waals surface area contributed by atoms with E-state index in [2.05, 4.69) is 50.2 Å². The number of nitrogens with one attached hydrogen (secondary N) is 2. The van der Waals surface area contributed by atoms with Crippen LogP contribution in [0.4, 0.5) is 0 Å². The predicted molar refractivity (Wildman–Crippen MR) is 159 cm³/mol. The van der Waals surface area contributed by atoms with Crippen molar-refractivity contribution in [3.05, 3.63) is 54.2 Å². The number of amides is 1. The Labute approximate surface area is 244 Å². The van der Waals surface area contributed by atoms with Crippen molar-refractivity contribution in [2.75, 3.05) is 6.54 Å². The molecule has 9 heteroatoms. The Morgan fingerprint density at radius 2 is 1.88 bits per heavy atom. The summed E-state index contributed by atoms with van der Waals surface area (Å²) in [6.07, 6.45) is 2.39. The molecule has 6 rings (SSSR count). The van der Waals surface area contributed by atoms with E-state index in [0.29, 0.717) is 29.7 Å². The molecule has 7 unspecified atom stereocenters. The minimum atomic E-state index is -1.57. The van der Waals surface area contributed by atoms with Crippen LogP contribution in [0.15, 0.2) is 48.5 Å². The second kappa shape index (κ2) is 11.2. The van der Waals surface area contributed by atoms with Gasteiger partial charge in [-0.05, 0) is 68.4 Å². The van der Waals surface area contributed by atoms with Crippen molar-refractivity contribution < 1.29 is 24.0 Å². The van der Waals surface area contributed by atoms with E-state index in [1.54, 1.807) is 12.1 Å². The molecule has 3 N–H and O–H groups in total. The number of aliphatic hydroxyl groups is 1. The number of aliphatic hydroxyl groups excluding tert-OH is 1. The summed E-state index contributed by atoms with van der Waals surface area (Å²) in [5.41, 5.74) is 0.000915. The fourth-order valence-corrected chi connectivity index (χ4v) is 7.24. The number of pyridine rings is 1. The van der Waals surface area contributed by atoms with E-state index in [4.69, 9.17) is 9.31 Å². The summed E-state index contributed by atoms with van der Waals surface area (Å²) >= 11 is 0. The molecule has 2 aromatic rings. The minimum Gasteiger partial charge on any atom is -0.404 e. The summed E-state index contributed by atoms with van der Waals surface area (Å²) in [5, 5.41) is 17.0. The number of aromatic nitrogens is 1. The average molecular weight is 562 g/mol. The van der Waals surface area contributed by atoms with Crippen LogP contribution < -0.4 is 10.6 Å². The van der Waals surface area contributed by atoms with Gasteiger partial charge < -0.3 is 29.8 Å². The highest BCUT2D eigenvalue weighted by Crippen LogP contribution is 2.65. The monoisotopic (exact) mass is 561 g/mol. The van der Waals surface area contributed by atoms with Crippen molar-refractivity contribution in [1.29, 1.82) is 0 Å². The molecule has 3 saturated carbocycles. The summed E-state index contributed by atoms with van der Waals surface area (Å²) in [5.74, 6) is 0.649. The number of benzene rings is 1. The van der Waals surface area contributed by atoms with Gasteiger partial charge in [0.05, 0.1) is 23.5 Å². The summed E-state index contributed by atoms with van der Waals surface area (Å²) in [4.78, 5) is 30.5. The summed E-state index contributed by atoms with van der Waals surface area (Å²) < 4.78 is 13.3. The first-order valence-corrected chi connectivity index (χ1v) is 15.0. The lowest BCUT2D eigenvalue weighted by Crippen LogP contribution is -2.65. The molecule has 1 amide bonds. The van der Waals surface area contributed by atoms with Crippen LogP contribution in [0.3, 0.4) is 0 Å². The Morgan fingerprint density at radius 3 is 2.51 bits per heavy atom. The van der Waals surface area contributed by atoms with E-state index in [9.17, 15) is 14.7 Å². The van der Waals surface area contributed by atoms with Gasteiger partial charge in [0.15, 0.2) is 0 Å². The second-order valence-electron chi connectivity index (χ2n) is 13.5. The van der Waals surface area contributed by atoms with Crippen molar-refractivity contribution in [1.82, 2.24) is 15.6 Å². The van der Waals surface area contributed by atoms with Crippen LogP contribution in [0.1, 0.15) is 71.3 Å². The Hall–Kier alpha value is -2.59. The third kappa shape index (κ3) is 5.49. The predicted octanol–water partition coefficient (Wildman–Crippen LogP) is 4.07. The topological polar surface area (TPSA) is 110 Å². The van der Waals surface area contributed by atoms with Crippen LogP contribution >= 0.6 is 0 Å². The van der Waals surface area contributed by atoms with Gasteiger partial charge in [-0.2, -0.15) is 0 Å². The normalized spacial score (nSPS) is 29.2. The van der Waals surface area contributed by atoms with Crippen molar-refractivity contribution in [2.45, 2.75) is 90.1 Å². The fourth-order valence-electron chi connectivity index (χ4n) is 7.24. The quantitative estimate of drug-likeness (QED) is 0.280. The average Bonchev–Trinajstić information content (AvgIpc) is 3.31. The van der Waals surface area contributed by atoms with E-state index in [1.807, 2.05) is 36.4 Å². The first-order valence-electron chi connectivity index (χ1n) is 15.0. The lowest BCUT2D eigenvalue weighted by atomic mass is 9.43. The van der Waals surface area contributed by atoms with Crippen molar-refractivity contribution >= 4 is 19.3 Å². The highest BCUT2D eigenvalue weighted by molar-refractivity contribution is 6.47. The zero-order valence-corrected chi connectivity index (χ0v) is 25.1. The molecule has 7 atom stereocenters. The van der Waals surface area contributed by atoms with Crippen molar-refractivity contribution in [3.8, 4) is 11.3 Å². The largest absolute Gasteiger partial charge is 0.475 e. The molecule has 1 aliphatic heterocycles. The molecular weight excluding hydrogens is 517 g/mol. The van der Waals surface area contributed by atoms with E-state index in [1.165, 1.54) is 13.3 Å². The number of aldehydes is 1. The zero-order chi connectivity index (χ0) is 29.6. The van der Waals surface area contributed by atoms with Gasteiger partial charge >= 0.3 is 7.12 Å². The first kappa shape index (κ1) is 29.9. The van der Waals surface area contributed by atoms with E-state index < -0.39 is 24.7 Å². The van der Waals surface area contributed by atoms with Gasteiger partial charge in [0.2, 0.25) is 0 Å². The number of carbonyl (C=O) groups is 2. The number of nitrogens with zero attached hydrogens (tertiary/aromatic N) is 1. The van der Waals surface area contributed by atoms with Crippen LogP contribution in [0.5, 0.6) is 0 Å². The maximum absolute atomic E-state index is 13.4. The minimum absolute atomic E-state index is 0.0117. The summed E-state index contributed by atoms with van der Waals surface area (Å²) in [6.45, 7) is 12.6. The Bertz CT molecular complexity index is 1260. The molecule has 0 spiro atoms. The molecule has 41 heavy (non-hydrogen) atoms. The van der Waals surface area contributed by atoms with Crippen LogP contribution in [-0.4, -0.2) is 65.2 Å². The molecule has 1 aromatic heterocycles. The van der Waals surface area contributed by atoms with Gasteiger partial charge in [-0.1, -0.05) is 64.1 Å². The third-order valence-electron chi connectivity index (χ3n) is 10.0. The van der Waals surface area contributed by atoms with Gasteiger partial charge in [0.1, 0.15) is 17.5 Å². The Balaban J connectivity index is 1.32. The molecule has 2 heterocycles. The van der Waals surface area contributed by atoms with Crippen LogP contribution in [-0.2, 0) is 14.1 Å². The molecule has 220 valence electrons. The Kier molecular flexibility index (Phi) is 8.20. The van der Waals surface area contributed by atoms with Gasteiger partial charge in [0, 0.05) is 18.0 Å². The van der Waals surface area contributed by atoms with Crippen molar-refractivity contribution in [2.24, 2.45) is 23.2 Å². The van der Waals surface area contributed by atoms with Gasteiger partial charge in [-0.3, -0.25) is 4.79 Å². The second-order valence-corrected chi connectivity index (χ2v) is 13.5. The maximum Gasteiger partial charge on any atom is 0.475 e. The van der Waals surface area contributed by atoms with Gasteiger partial charge in [-0.25, -0.2) is 4.98 Å². The third-order valence-corrected chi connectivity index (χ3v) is 10.0. The molecule has 3 aliphatic carbocycles. The molecule has 2 bridgehead atoms. The van der Waals surface area contributed by atoms with E-state index in [0.717, 1.165) is 18.4 Å². The fraction of sp³-hybridized carbons (Fsp3) is 0.594.